The lowest BCUT2D eigenvalue weighted by Gasteiger charge is -2.38. The van der Waals surface area contributed by atoms with Crippen LogP contribution in [0.5, 0.6) is 0 Å². The van der Waals surface area contributed by atoms with E-state index in [0.29, 0.717) is 0 Å². The zero-order chi connectivity index (χ0) is 11.3. The molecule has 0 aliphatic carbocycles. The molecular formula is C11H21NO3. The second kappa shape index (κ2) is 6.08. The van der Waals surface area contributed by atoms with Gasteiger partial charge in [-0.25, -0.2) is 0 Å². The van der Waals surface area contributed by atoms with Gasteiger partial charge in [0.25, 0.3) is 0 Å². The Balaban J connectivity index is 0.000000153. The zero-order valence-corrected chi connectivity index (χ0v) is 9.35. The second-order valence-electron chi connectivity index (χ2n) is 4.52. The summed E-state index contributed by atoms with van der Waals surface area (Å²) in [4.78, 5) is 12.2. The third kappa shape index (κ3) is 5.14. The van der Waals surface area contributed by atoms with Crippen molar-refractivity contribution < 1.29 is 15.0 Å². The van der Waals surface area contributed by atoms with Crippen LogP contribution in [0.2, 0.25) is 0 Å². The van der Waals surface area contributed by atoms with Gasteiger partial charge in [-0.1, -0.05) is 0 Å². The molecule has 2 bridgehead atoms. The van der Waals surface area contributed by atoms with Gasteiger partial charge in [-0.05, 0) is 51.7 Å². The summed E-state index contributed by atoms with van der Waals surface area (Å²) < 4.78 is 0. The molecule has 2 N–H and O–H groups in total. The maximum Gasteiger partial charge on any atom is 0.305 e. The van der Waals surface area contributed by atoms with E-state index in [0.717, 1.165) is 5.92 Å². The van der Waals surface area contributed by atoms with E-state index >= 15 is 0 Å². The first-order valence-corrected chi connectivity index (χ1v) is 5.70. The number of aliphatic hydroxyl groups is 1. The number of nitrogens with zero attached hydrogens (tertiary/aromatic N) is 1. The molecular weight excluding hydrogens is 194 g/mol. The van der Waals surface area contributed by atoms with Gasteiger partial charge < -0.3 is 15.1 Å². The van der Waals surface area contributed by atoms with Crippen molar-refractivity contribution in [3.8, 4) is 0 Å². The van der Waals surface area contributed by atoms with Gasteiger partial charge in [-0.15, -0.1) is 0 Å². The summed E-state index contributed by atoms with van der Waals surface area (Å²) in [5.74, 6) is 0.148. The maximum absolute atomic E-state index is 9.65. The van der Waals surface area contributed by atoms with Gasteiger partial charge in [0, 0.05) is 0 Å². The van der Waals surface area contributed by atoms with Crippen LogP contribution in [-0.2, 0) is 4.79 Å². The molecule has 0 radical (unpaired) electrons. The van der Waals surface area contributed by atoms with Crippen molar-refractivity contribution >= 4 is 5.97 Å². The predicted molar refractivity (Wildman–Crippen MR) is 57.7 cm³/mol. The molecule has 3 aliphatic rings. The highest BCUT2D eigenvalue weighted by Crippen LogP contribution is 2.26. The molecule has 3 fully saturated rings. The van der Waals surface area contributed by atoms with E-state index in [4.69, 9.17) is 10.2 Å². The third-order valence-electron chi connectivity index (χ3n) is 3.03. The Bertz CT molecular complexity index is 175. The highest BCUT2D eigenvalue weighted by molar-refractivity contribution is 5.67. The minimum atomic E-state index is -0.963. The van der Waals surface area contributed by atoms with Gasteiger partial charge in [-0.3, -0.25) is 4.79 Å². The lowest BCUT2D eigenvalue weighted by atomic mass is 9.89. The van der Waals surface area contributed by atoms with Gasteiger partial charge >= 0.3 is 5.97 Å². The van der Waals surface area contributed by atoms with Crippen molar-refractivity contribution in [3.05, 3.63) is 0 Å². The molecule has 88 valence electrons. The first-order valence-electron chi connectivity index (χ1n) is 5.70. The molecule has 1 unspecified atom stereocenters. The molecule has 3 aliphatic heterocycles. The molecule has 0 spiro atoms. The average Bonchev–Trinajstić information content (AvgIpc) is 2.19. The highest BCUT2D eigenvalue weighted by atomic mass is 16.4. The molecule has 3 rings (SSSR count). The molecule has 3 heterocycles. The fourth-order valence-electron chi connectivity index (χ4n) is 2.12. The molecule has 0 amide bonds. The van der Waals surface area contributed by atoms with E-state index < -0.39 is 12.1 Å². The van der Waals surface area contributed by atoms with Crippen molar-refractivity contribution in [2.24, 2.45) is 5.92 Å². The monoisotopic (exact) mass is 215 g/mol. The summed E-state index contributed by atoms with van der Waals surface area (Å²) in [5, 5.41) is 16.3. The summed E-state index contributed by atoms with van der Waals surface area (Å²) in [6.45, 7) is 5.62. The number of aliphatic hydroxyl groups excluding tert-OH is 1. The van der Waals surface area contributed by atoms with Crippen molar-refractivity contribution in [1.29, 1.82) is 0 Å². The zero-order valence-electron chi connectivity index (χ0n) is 9.35. The second-order valence-corrected chi connectivity index (χ2v) is 4.52. The van der Waals surface area contributed by atoms with Crippen molar-refractivity contribution in [2.45, 2.75) is 38.7 Å². The summed E-state index contributed by atoms with van der Waals surface area (Å²) in [7, 11) is 0. The largest absolute Gasteiger partial charge is 0.481 e. The molecule has 1 atom stereocenters. The van der Waals surface area contributed by atoms with E-state index in [9.17, 15) is 4.79 Å². The minimum absolute atomic E-state index is 0.167. The first-order chi connectivity index (χ1) is 7.08. The van der Waals surface area contributed by atoms with Crippen LogP contribution in [0.25, 0.3) is 0 Å². The molecule has 4 heteroatoms. The van der Waals surface area contributed by atoms with E-state index in [2.05, 4.69) is 4.90 Å². The van der Waals surface area contributed by atoms with E-state index in [-0.39, 0.29) is 6.42 Å². The van der Waals surface area contributed by atoms with Crippen LogP contribution in [-0.4, -0.2) is 46.8 Å². The predicted octanol–water partition coefficient (Wildman–Crippen LogP) is 0.944. The number of hydrogen-bond acceptors (Lipinski definition) is 3. The minimum Gasteiger partial charge on any atom is -0.481 e. The van der Waals surface area contributed by atoms with Crippen LogP contribution < -0.4 is 0 Å². The topological polar surface area (TPSA) is 60.8 Å². The highest BCUT2D eigenvalue weighted by Gasteiger charge is 2.24. The van der Waals surface area contributed by atoms with Crippen molar-refractivity contribution in [2.75, 3.05) is 19.6 Å². The Labute approximate surface area is 90.9 Å². The van der Waals surface area contributed by atoms with E-state index in [1.165, 1.54) is 45.8 Å². The molecule has 0 aromatic rings. The molecule has 0 saturated carbocycles. The average molecular weight is 215 g/mol. The van der Waals surface area contributed by atoms with Gasteiger partial charge in [0.15, 0.2) is 0 Å². The van der Waals surface area contributed by atoms with Crippen LogP contribution >= 0.6 is 0 Å². The van der Waals surface area contributed by atoms with Gasteiger partial charge in [-0.2, -0.15) is 0 Å². The van der Waals surface area contributed by atoms with Crippen LogP contribution in [0.4, 0.5) is 0 Å². The number of hydrogen-bond donors (Lipinski definition) is 2. The van der Waals surface area contributed by atoms with Gasteiger partial charge in [0.2, 0.25) is 0 Å². The fourth-order valence-corrected chi connectivity index (χ4v) is 2.12. The Morgan fingerprint density at radius 2 is 1.80 bits per heavy atom. The maximum atomic E-state index is 9.65. The third-order valence-corrected chi connectivity index (χ3v) is 3.03. The number of carboxylic acids is 1. The summed E-state index contributed by atoms with van der Waals surface area (Å²) >= 11 is 0. The van der Waals surface area contributed by atoms with Crippen molar-refractivity contribution in [1.82, 2.24) is 4.90 Å². The molecule has 4 nitrogen and oxygen atoms in total. The number of aliphatic carboxylic acids is 1. The fraction of sp³-hybridized carbons (Fsp3) is 0.909. The number of fused-ring (bicyclic) bond motifs is 3. The molecule has 3 saturated heterocycles. The van der Waals surface area contributed by atoms with Crippen LogP contribution in [0.3, 0.4) is 0 Å². The number of carbonyl (C=O) groups is 1. The number of piperidine rings is 3. The summed E-state index contributed by atoms with van der Waals surface area (Å²) in [6.07, 6.45) is 3.57. The quantitative estimate of drug-likeness (QED) is 0.720. The van der Waals surface area contributed by atoms with Crippen molar-refractivity contribution in [3.63, 3.8) is 0 Å². The molecule has 0 aromatic carbocycles. The lowest BCUT2D eigenvalue weighted by Crippen LogP contribution is -2.41. The van der Waals surface area contributed by atoms with Crippen LogP contribution in [0.1, 0.15) is 32.6 Å². The lowest BCUT2D eigenvalue weighted by molar-refractivity contribution is -0.138. The summed E-state index contributed by atoms with van der Waals surface area (Å²) in [5.41, 5.74) is 0. The molecule has 0 aromatic heterocycles. The number of rotatable bonds is 2. The smallest absolute Gasteiger partial charge is 0.305 e. The van der Waals surface area contributed by atoms with Crippen LogP contribution in [0, 0.1) is 5.92 Å². The Morgan fingerprint density at radius 1 is 1.33 bits per heavy atom. The van der Waals surface area contributed by atoms with Crippen LogP contribution in [0.15, 0.2) is 0 Å². The Hall–Kier alpha value is -0.610. The first kappa shape index (κ1) is 12.5. The number of carboxylic acid groups (broad SMARTS) is 1. The molecule has 15 heavy (non-hydrogen) atoms. The Morgan fingerprint density at radius 3 is 1.87 bits per heavy atom. The SMILES string of the molecule is C1CN2CCC1CC2.CC(O)CC(=O)O. The van der Waals surface area contributed by atoms with Gasteiger partial charge in [0.05, 0.1) is 12.5 Å². The van der Waals surface area contributed by atoms with E-state index in [1.54, 1.807) is 0 Å². The summed E-state index contributed by atoms with van der Waals surface area (Å²) in [6, 6.07) is 0. The normalized spacial score (nSPS) is 30.3. The van der Waals surface area contributed by atoms with Gasteiger partial charge in [0.1, 0.15) is 0 Å². The standard InChI is InChI=1S/C7H13N.C4H8O3/c1-4-8-5-2-7(1)3-6-8;1-3(5)2-4(6)7/h7H,1-6H2;3,5H,2H2,1H3,(H,6,7). The van der Waals surface area contributed by atoms with E-state index in [1.807, 2.05) is 0 Å². The Kier molecular flexibility index (Phi) is 5.05.